The van der Waals surface area contributed by atoms with Crippen LogP contribution in [0.2, 0.25) is 5.02 Å². The van der Waals surface area contributed by atoms with Crippen LogP contribution in [-0.4, -0.2) is 40.0 Å². The minimum Gasteiger partial charge on any atom is -0.481 e. The number of amides is 1. The van der Waals surface area contributed by atoms with Crippen molar-refractivity contribution < 1.29 is 14.7 Å². The molecule has 2 heterocycles. The van der Waals surface area contributed by atoms with Crippen molar-refractivity contribution in [3.63, 3.8) is 0 Å². The second kappa shape index (κ2) is 6.85. The Bertz CT molecular complexity index is 949. The fourth-order valence-corrected chi connectivity index (χ4v) is 3.88. The van der Waals surface area contributed by atoms with E-state index in [1.54, 1.807) is 30.3 Å². The Balaban J connectivity index is 1.60. The van der Waals surface area contributed by atoms with E-state index < -0.39 is 11.9 Å². The molecule has 1 aromatic carbocycles. The highest BCUT2D eigenvalue weighted by Crippen LogP contribution is 2.39. The third kappa shape index (κ3) is 3.62. The van der Waals surface area contributed by atoms with Crippen LogP contribution in [0.1, 0.15) is 46.3 Å². The van der Waals surface area contributed by atoms with Gasteiger partial charge in [-0.15, -0.1) is 0 Å². The van der Waals surface area contributed by atoms with Crippen molar-refractivity contribution in [3.05, 3.63) is 68.6 Å². The number of nitrogens with one attached hydrogen (secondary N) is 1. The molecule has 1 aromatic heterocycles. The molecule has 1 amide bonds. The van der Waals surface area contributed by atoms with Gasteiger partial charge in [0.15, 0.2) is 0 Å². The summed E-state index contributed by atoms with van der Waals surface area (Å²) in [5.74, 6) is -1.92. The largest absolute Gasteiger partial charge is 0.481 e. The van der Waals surface area contributed by atoms with Crippen molar-refractivity contribution in [1.29, 1.82) is 0 Å². The topological polar surface area (TPSA) is 90.5 Å². The van der Waals surface area contributed by atoms with Crippen molar-refractivity contribution in [2.24, 2.45) is 5.92 Å². The summed E-state index contributed by atoms with van der Waals surface area (Å²) in [7, 11) is 0. The first-order chi connectivity index (χ1) is 12.9. The van der Waals surface area contributed by atoms with E-state index in [0.29, 0.717) is 23.0 Å². The van der Waals surface area contributed by atoms with E-state index in [9.17, 15) is 19.5 Å². The lowest BCUT2D eigenvalue weighted by atomic mass is 9.89. The molecule has 1 aliphatic heterocycles. The summed E-state index contributed by atoms with van der Waals surface area (Å²) in [5, 5.41) is 10.2. The number of H-pyrrole nitrogens is 1. The van der Waals surface area contributed by atoms with Crippen LogP contribution in [0.25, 0.3) is 0 Å². The number of carboxylic acids is 1. The number of benzene rings is 1. The lowest BCUT2D eigenvalue weighted by molar-refractivity contribution is -0.141. The normalized spacial score (nSPS) is 22.0. The number of carbonyl (C=O) groups excluding carboxylic acids is 1. The van der Waals surface area contributed by atoms with Gasteiger partial charge in [-0.05, 0) is 42.5 Å². The van der Waals surface area contributed by atoms with Gasteiger partial charge in [0.25, 0.3) is 5.91 Å². The average molecular weight is 387 g/mol. The summed E-state index contributed by atoms with van der Waals surface area (Å²) < 4.78 is 0. The van der Waals surface area contributed by atoms with Gasteiger partial charge in [-0.1, -0.05) is 23.7 Å². The van der Waals surface area contributed by atoms with E-state index in [1.165, 1.54) is 11.0 Å². The van der Waals surface area contributed by atoms with E-state index in [2.05, 4.69) is 4.98 Å². The number of hydrogen-bond acceptors (Lipinski definition) is 3. The Morgan fingerprint density at radius 2 is 1.81 bits per heavy atom. The van der Waals surface area contributed by atoms with Crippen LogP contribution in [0.3, 0.4) is 0 Å². The summed E-state index contributed by atoms with van der Waals surface area (Å²) >= 11 is 5.92. The molecule has 0 unspecified atom stereocenters. The Labute approximate surface area is 160 Å². The lowest BCUT2D eigenvalue weighted by Gasteiger charge is -2.17. The highest BCUT2D eigenvalue weighted by Gasteiger charge is 2.41. The van der Waals surface area contributed by atoms with Crippen LogP contribution < -0.4 is 5.56 Å². The van der Waals surface area contributed by atoms with Gasteiger partial charge in [0, 0.05) is 41.4 Å². The number of nitrogens with zero attached hydrogens (tertiary/aromatic N) is 1. The Hall–Kier alpha value is -2.60. The highest BCUT2D eigenvalue weighted by atomic mass is 35.5. The number of aromatic amines is 1. The predicted molar refractivity (Wildman–Crippen MR) is 100 cm³/mol. The Kier molecular flexibility index (Phi) is 4.52. The number of aliphatic carboxylic acids is 1. The van der Waals surface area contributed by atoms with Gasteiger partial charge >= 0.3 is 5.97 Å². The number of likely N-dealkylation sites (tertiary alicyclic amines) is 1. The molecule has 0 bridgehead atoms. The highest BCUT2D eigenvalue weighted by molar-refractivity contribution is 6.30. The summed E-state index contributed by atoms with van der Waals surface area (Å²) in [6.07, 6.45) is 2.02. The molecule has 27 heavy (non-hydrogen) atoms. The third-order valence-electron chi connectivity index (χ3n) is 5.35. The number of carbonyl (C=O) groups is 2. The lowest BCUT2D eigenvalue weighted by Crippen LogP contribution is -2.31. The summed E-state index contributed by atoms with van der Waals surface area (Å²) in [4.78, 5) is 40.9. The van der Waals surface area contributed by atoms with E-state index in [0.717, 1.165) is 24.1 Å². The molecular weight excluding hydrogens is 368 g/mol. The van der Waals surface area contributed by atoms with Gasteiger partial charge in [0.1, 0.15) is 0 Å². The molecule has 140 valence electrons. The number of carboxylic acid groups (broad SMARTS) is 1. The molecule has 2 atom stereocenters. The van der Waals surface area contributed by atoms with Crippen molar-refractivity contribution in [2.45, 2.75) is 24.7 Å². The number of aromatic nitrogens is 1. The number of rotatable bonds is 4. The van der Waals surface area contributed by atoms with Crippen molar-refractivity contribution in [3.8, 4) is 0 Å². The summed E-state index contributed by atoms with van der Waals surface area (Å²) in [6.45, 7) is 0.413. The Morgan fingerprint density at radius 1 is 1.11 bits per heavy atom. The van der Waals surface area contributed by atoms with Gasteiger partial charge in [0.2, 0.25) is 5.56 Å². The number of pyridine rings is 1. The molecule has 4 rings (SSSR count). The molecule has 6 nitrogen and oxygen atoms in total. The molecule has 1 saturated heterocycles. The van der Waals surface area contributed by atoms with Gasteiger partial charge in [0.05, 0.1) is 5.92 Å². The molecule has 7 heteroatoms. The first-order valence-electron chi connectivity index (χ1n) is 8.94. The standard InChI is InChI=1S/C20H19ClN2O4/c21-14-5-3-11(4-6-14)15-9-23(10-16(15)20(26)27)19(25)13-7-17(12-1-2-12)22-18(24)8-13/h3-8,12,15-16H,1-2,9-10H2,(H,22,24)(H,26,27)/t15-,16+/m0/s1. The van der Waals surface area contributed by atoms with E-state index in [1.807, 2.05) is 0 Å². The van der Waals surface area contributed by atoms with Gasteiger partial charge in [-0.3, -0.25) is 14.4 Å². The average Bonchev–Trinajstić information content (AvgIpc) is 3.39. The molecule has 1 saturated carbocycles. The smallest absolute Gasteiger partial charge is 0.308 e. The van der Waals surface area contributed by atoms with E-state index in [4.69, 9.17) is 11.6 Å². The second-order valence-electron chi connectivity index (χ2n) is 7.28. The Morgan fingerprint density at radius 3 is 2.44 bits per heavy atom. The minimum absolute atomic E-state index is 0.118. The summed E-state index contributed by atoms with van der Waals surface area (Å²) in [5.41, 5.74) is 1.65. The van der Waals surface area contributed by atoms with Crippen LogP contribution in [0.4, 0.5) is 0 Å². The first kappa shape index (κ1) is 17.8. The molecule has 0 radical (unpaired) electrons. The maximum atomic E-state index is 13.0. The first-order valence-corrected chi connectivity index (χ1v) is 9.32. The maximum absolute atomic E-state index is 13.0. The van der Waals surface area contributed by atoms with Crippen LogP contribution in [0.15, 0.2) is 41.2 Å². The van der Waals surface area contributed by atoms with Crippen LogP contribution >= 0.6 is 11.6 Å². The second-order valence-corrected chi connectivity index (χ2v) is 7.71. The van der Waals surface area contributed by atoms with E-state index in [-0.39, 0.29) is 23.9 Å². The molecule has 2 aliphatic rings. The molecule has 2 N–H and O–H groups in total. The minimum atomic E-state index is -0.935. The van der Waals surface area contributed by atoms with Gasteiger partial charge < -0.3 is 15.0 Å². The fourth-order valence-electron chi connectivity index (χ4n) is 3.75. The van der Waals surface area contributed by atoms with Crippen LogP contribution in [0.5, 0.6) is 0 Å². The van der Waals surface area contributed by atoms with Crippen molar-refractivity contribution >= 4 is 23.5 Å². The molecule has 2 fully saturated rings. The third-order valence-corrected chi connectivity index (χ3v) is 5.60. The SMILES string of the molecule is O=C(O)[C@@H]1CN(C(=O)c2cc(C3CC3)[nH]c(=O)c2)C[C@H]1c1ccc(Cl)cc1. The zero-order chi connectivity index (χ0) is 19.1. The number of halogens is 1. The molecular formula is C20H19ClN2O4. The van der Waals surface area contributed by atoms with Crippen molar-refractivity contribution in [2.75, 3.05) is 13.1 Å². The summed E-state index contributed by atoms with van der Waals surface area (Å²) in [6, 6.07) is 10.1. The van der Waals surface area contributed by atoms with Gasteiger partial charge in [-0.25, -0.2) is 0 Å². The maximum Gasteiger partial charge on any atom is 0.308 e. The quantitative estimate of drug-likeness (QED) is 0.845. The van der Waals surface area contributed by atoms with Crippen LogP contribution in [-0.2, 0) is 4.79 Å². The van der Waals surface area contributed by atoms with Gasteiger partial charge in [-0.2, -0.15) is 0 Å². The van der Waals surface area contributed by atoms with E-state index >= 15 is 0 Å². The zero-order valence-corrected chi connectivity index (χ0v) is 15.3. The van der Waals surface area contributed by atoms with Crippen LogP contribution in [0, 0.1) is 5.92 Å². The number of hydrogen-bond donors (Lipinski definition) is 2. The fraction of sp³-hybridized carbons (Fsp3) is 0.350. The zero-order valence-electron chi connectivity index (χ0n) is 14.5. The van der Waals surface area contributed by atoms with Crippen molar-refractivity contribution in [1.82, 2.24) is 9.88 Å². The molecule has 2 aromatic rings. The predicted octanol–water partition coefficient (Wildman–Crippen LogP) is 2.85. The molecule has 0 spiro atoms. The molecule has 1 aliphatic carbocycles. The monoisotopic (exact) mass is 386 g/mol.